The Morgan fingerprint density at radius 1 is 1.07 bits per heavy atom. The molecule has 0 bridgehead atoms. The molecular formula is C8H20NaO4P. The van der Waals surface area contributed by atoms with Crippen molar-refractivity contribution in [1.82, 2.24) is 0 Å². The van der Waals surface area contributed by atoms with E-state index in [1.807, 2.05) is 0 Å². The Bertz CT molecular complexity index is 123. The third-order valence-corrected chi connectivity index (χ3v) is 1.35. The first-order chi connectivity index (χ1) is 5.91. The molecule has 0 radical (unpaired) electrons. The normalized spacial score (nSPS) is 9.79. The molecule has 0 atom stereocenters. The number of rotatable bonds is 5. The summed E-state index contributed by atoms with van der Waals surface area (Å²) in [7, 11) is -4.64. The second kappa shape index (κ2) is 14.1. The van der Waals surface area contributed by atoms with Gasteiger partial charge in [-0.1, -0.05) is 39.0 Å². The smallest absolute Gasteiger partial charge is 0.343 e. The third kappa shape index (κ3) is 51.5. The van der Waals surface area contributed by atoms with Crippen LogP contribution in [0, 0.1) is 6.92 Å². The SMILES string of the molecule is O=P(O)(O)O.[CH2-]CCCCCCC.[Na+]. The van der Waals surface area contributed by atoms with Gasteiger partial charge in [0.15, 0.2) is 0 Å². The maximum absolute atomic E-state index is 8.88. The van der Waals surface area contributed by atoms with Crippen molar-refractivity contribution in [3.05, 3.63) is 6.92 Å². The molecule has 0 amide bonds. The fourth-order valence-electron chi connectivity index (χ4n) is 0.780. The van der Waals surface area contributed by atoms with Crippen LogP contribution < -0.4 is 29.6 Å². The average Bonchev–Trinajstić information content (AvgIpc) is 1.95. The monoisotopic (exact) mass is 234 g/mol. The van der Waals surface area contributed by atoms with E-state index in [-0.39, 0.29) is 29.6 Å². The van der Waals surface area contributed by atoms with Crippen LogP contribution in [0.4, 0.5) is 0 Å². The first-order valence-electron chi connectivity index (χ1n) is 4.49. The maximum Gasteiger partial charge on any atom is 1.00 e. The van der Waals surface area contributed by atoms with Crippen molar-refractivity contribution in [1.29, 1.82) is 0 Å². The third-order valence-electron chi connectivity index (χ3n) is 1.35. The first-order valence-corrected chi connectivity index (χ1v) is 6.05. The summed E-state index contributed by atoms with van der Waals surface area (Å²) in [6, 6.07) is 0. The fourth-order valence-corrected chi connectivity index (χ4v) is 0.780. The average molecular weight is 234 g/mol. The molecule has 0 aliphatic heterocycles. The minimum atomic E-state index is -4.64. The molecular weight excluding hydrogens is 214 g/mol. The van der Waals surface area contributed by atoms with Gasteiger partial charge in [0.2, 0.25) is 0 Å². The van der Waals surface area contributed by atoms with Gasteiger partial charge in [0.1, 0.15) is 0 Å². The summed E-state index contributed by atoms with van der Waals surface area (Å²) in [5.74, 6) is 0. The van der Waals surface area contributed by atoms with Gasteiger partial charge in [-0.15, -0.1) is 0 Å². The van der Waals surface area contributed by atoms with Gasteiger partial charge in [0.25, 0.3) is 0 Å². The van der Waals surface area contributed by atoms with Crippen LogP contribution in [0.5, 0.6) is 0 Å². The van der Waals surface area contributed by atoms with E-state index in [1.165, 1.54) is 32.1 Å². The minimum absolute atomic E-state index is 0. The standard InChI is InChI=1S/C8H17.Na.H3O4P/c1-3-5-7-8-6-4-2;;1-5(2,3)4/h1,3-8H2,2H3;;(H3,1,2,3,4)/q-1;+1;. The predicted octanol–water partition coefficient (Wildman–Crippen LogP) is -0.744. The Morgan fingerprint density at radius 3 is 1.71 bits per heavy atom. The summed E-state index contributed by atoms with van der Waals surface area (Å²) in [5, 5.41) is 0. The van der Waals surface area contributed by atoms with E-state index in [4.69, 9.17) is 19.2 Å². The number of phosphoric acid groups is 1. The summed E-state index contributed by atoms with van der Waals surface area (Å²) in [6.07, 6.45) is 7.98. The maximum atomic E-state index is 8.88. The molecule has 0 heterocycles. The predicted molar refractivity (Wildman–Crippen MR) is 53.0 cm³/mol. The quantitative estimate of drug-likeness (QED) is 0.253. The van der Waals surface area contributed by atoms with E-state index in [9.17, 15) is 0 Å². The Balaban J connectivity index is -0.000000177. The topological polar surface area (TPSA) is 77.8 Å². The van der Waals surface area contributed by atoms with Gasteiger partial charge >= 0.3 is 37.4 Å². The van der Waals surface area contributed by atoms with Gasteiger partial charge in [0.05, 0.1) is 0 Å². The molecule has 6 heteroatoms. The minimum Gasteiger partial charge on any atom is -0.343 e. The Kier molecular flexibility index (Phi) is 20.7. The van der Waals surface area contributed by atoms with Crippen molar-refractivity contribution in [3.8, 4) is 0 Å². The molecule has 0 aromatic carbocycles. The first kappa shape index (κ1) is 20.5. The van der Waals surface area contributed by atoms with Gasteiger partial charge in [-0.2, -0.15) is 6.42 Å². The fraction of sp³-hybridized carbons (Fsp3) is 0.875. The molecule has 0 aliphatic rings. The van der Waals surface area contributed by atoms with E-state index >= 15 is 0 Å². The van der Waals surface area contributed by atoms with E-state index in [1.54, 1.807) is 0 Å². The summed E-state index contributed by atoms with van der Waals surface area (Å²) in [6.45, 7) is 6.02. The van der Waals surface area contributed by atoms with Crippen molar-refractivity contribution in [2.45, 2.75) is 45.4 Å². The van der Waals surface area contributed by atoms with Crippen LogP contribution in [0.2, 0.25) is 0 Å². The van der Waals surface area contributed by atoms with Gasteiger partial charge in [-0.25, -0.2) is 4.57 Å². The molecule has 0 saturated carbocycles. The number of unbranched alkanes of at least 4 members (excludes halogenated alkanes) is 5. The van der Waals surface area contributed by atoms with Crippen molar-refractivity contribution in [3.63, 3.8) is 0 Å². The van der Waals surface area contributed by atoms with Crippen LogP contribution in [0.3, 0.4) is 0 Å². The Morgan fingerprint density at radius 2 is 1.43 bits per heavy atom. The van der Waals surface area contributed by atoms with Crippen LogP contribution in [0.15, 0.2) is 0 Å². The van der Waals surface area contributed by atoms with Gasteiger partial charge in [0, 0.05) is 0 Å². The molecule has 0 aliphatic carbocycles. The van der Waals surface area contributed by atoms with Gasteiger partial charge in [-0.05, 0) is 0 Å². The van der Waals surface area contributed by atoms with Crippen LogP contribution >= 0.6 is 7.82 Å². The van der Waals surface area contributed by atoms with E-state index in [0.29, 0.717) is 0 Å². The van der Waals surface area contributed by atoms with Crippen molar-refractivity contribution in [2.75, 3.05) is 0 Å². The molecule has 0 aromatic rings. The second-order valence-corrected chi connectivity index (χ2v) is 3.81. The Labute approximate surface area is 109 Å². The molecule has 0 fully saturated rings. The molecule has 0 rings (SSSR count). The zero-order chi connectivity index (χ0) is 10.7. The Hall–Kier alpha value is 1.11. The molecule has 4 nitrogen and oxygen atoms in total. The molecule has 0 unspecified atom stereocenters. The van der Waals surface area contributed by atoms with E-state index < -0.39 is 7.82 Å². The van der Waals surface area contributed by atoms with Crippen LogP contribution in [0.25, 0.3) is 0 Å². The second-order valence-electron chi connectivity index (χ2n) is 2.78. The molecule has 0 saturated heterocycles. The molecule has 82 valence electrons. The van der Waals surface area contributed by atoms with E-state index in [0.717, 1.165) is 6.42 Å². The van der Waals surface area contributed by atoms with Crippen molar-refractivity contribution in [2.24, 2.45) is 0 Å². The summed E-state index contributed by atoms with van der Waals surface area (Å²) in [4.78, 5) is 21.6. The zero-order valence-corrected chi connectivity index (χ0v) is 12.0. The number of hydrogen-bond acceptors (Lipinski definition) is 1. The van der Waals surface area contributed by atoms with Crippen LogP contribution in [-0.2, 0) is 4.57 Å². The van der Waals surface area contributed by atoms with Gasteiger partial charge < -0.3 is 21.6 Å². The molecule has 14 heavy (non-hydrogen) atoms. The molecule has 0 spiro atoms. The largest absolute Gasteiger partial charge is 1.00 e. The summed E-state index contributed by atoms with van der Waals surface area (Å²) in [5.41, 5.74) is 0. The molecule has 0 aromatic heterocycles. The zero-order valence-electron chi connectivity index (χ0n) is 9.15. The van der Waals surface area contributed by atoms with Crippen LogP contribution in [0.1, 0.15) is 45.4 Å². The van der Waals surface area contributed by atoms with Crippen molar-refractivity contribution < 1.29 is 48.8 Å². The number of hydrogen-bond donors (Lipinski definition) is 3. The van der Waals surface area contributed by atoms with E-state index in [2.05, 4.69) is 13.8 Å². The van der Waals surface area contributed by atoms with Gasteiger partial charge in [-0.3, -0.25) is 0 Å². The summed E-state index contributed by atoms with van der Waals surface area (Å²) < 4.78 is 8.88. The summed E-state index contributed by atoms with van der Waals surface area (Å²) >= 11 is 0. The van der Waals surface area contributed by atoms with Crippen molar-refractivity contribution >= 4 is 7.82 Å². The molecule has 3 N–H and O–H groups in total. The van der Waals surface area contributed by atoms with Crippen LogP contribution in [-0.4, -0.2) is 14.7 Å².